The number of carbonyl (C=O) groups is 2. The van der Waals surface area contributed by atoms with Crippen LogP contribution in [0.25, 0.3) is 10.2 Å². The summed E-state index contributed by atoms with van der Waals surface area (Å²) in [5, 5.41) is 4.23. The number of aryl methyl sites for hydroxylation is 3. The number of halogens is 1. The third-order valence-corrected chi connectivity index (χ3v) is 7.25. The lowest BCUT2D eigenvalue weighted by Crippen LogP contribution is -2.38. The van der Waals surface area contributed by atoms with E-state index in [9.17, 15) is 9.59 Å². The summed E-state index contributed by atoms with van der Waals surface area (Å²) in [5.74, 6) is -0.0546. The number of ether oxygens (including phenoxy) is 1. The van der Waals surface area contributed by atoms with Gasteiger partial charge in [0.1, 0.15) is 17.0 Å². The molecule has 4 rings (SSSR count). The van der Waals surface area contributed by atoms with Crippen molar-refractivity contribution in [2.75, 3.05) is 29.9 Å². The van der Waals surface area contributed by atoms with Crippen molar-refractivity contribution in [3.8, 4) is 0 Å². The Balaban J connectivity index is 1.31. The number of thiophene rings is 1. The van der Waals surface area contributed by atoms with E-state index >= 15 is 0 Å². The summed E-state index contributed by atoms with van der Waals surface area (Å²) in [6, 6.07) is 5.35. The zero-order valence-corrected chi connectivity index (χ0v) is 19.8. The van der Waals surface area contributed by atoms with E-state index in [1.165, 1.54) is 10.4 Å². The first-order chi connectivity index (χ1) is 15.3. The number of rotatable bonds is 5. The highest BCUT2D eigenvalue weighted by molar-refractivity contribution is 7.18. The average molecular weight is 473 g/mol. The molecule has 9 heteroatoms. The molecule has 0 spiro atoms. The molecule has 0 unspecified atom stereocenters. The summed E-state index contributed by atoms with van der Waals surface area (Å²) in [6.45, 7) is 7.18. The molecule has 3 heterocycles. The molecule has 0 atom stereocenters. The maximum Gasteiger partial charge on any atom is 0.309 e. The van der Waals surface area contributed by atoms with Crippen LogP contribution in [0.3, 0.4) is 0 Å². The lowest BCUT2D eigenvalue weighted by Gasteiger charge is -2.32. The summed E-state index contributed by atoms with van der Waals surface area (Å²) in [7, 11) is 0. The van der Waals surface area contributed by atoms with Crippen molar-refractivity contribution in [2.45, 2.75) is 33.6 Å². The SMILES string of the molecule is Cc1ccc(NC(=O)COC(=O)C2CCN(c3ncnc4sc(C)c(C)c34)CC2)c(Cl)c1. The first-order valence-corrected chi connectivity index (χ1v) is 11.7. The summed E-state index contributed by atoms with van der Waals surface area (Å²) in [6.07, 6.45) is 2.90. The molecule has 1 fully saturated rings. The summed E-state index contributed by atoms with van der Waals surface area (Å²) in [4.78, 5) is 38.0. The number of carbonyl (C=O) groups excluding carboxylic acids is 2. The van der Waals surface area contributed by atoms with Crippen LogP contribution in [0.4, 0.5) is 11.5 Å². The molecule has 0 aliphatic carbocycles. The van der Waals surface area contributed by atoms with E-state index < -0.39 is 5.91 Å². The average Bonchev–Trinajstić information content (AvgIpc) is 3.08. The van der Waals surface area contributed by atoms with Crippen molar-refractivity contribution >= 4 is 56.5 Å². The molecular weight excluding hydrogens is 448 g/mol. The van der Waals surface area contributed by atoms with Crippen LogP contribution < -0.4 is 10.2 Å². The topological polar surface area (TPSA) is 84.4 Å². The molecule has 1 saturated heterocycles. The van der Waals surface area contributed by atoms with Gasteiger partial charge in [-0.25, -0.2) is 9.97 Å². The highest BCUT2D eigenvalue weighted by Crippen LogP contribution is 2.35. The van der Waals surface area contributed by atoms with E-state index in [0.717, 1.165) is 21.6 Å². The summed E-state index contributed by atoms with van der Waals surface area (Å²) in [5.41, 5.74) is 2.71. The van der Waals surface area contributed by atoms with Gasteiger partial charge in [-0.1, -0.05) is 17.7 Å². The molecule has 0 saturated carbocycles. The Labute approximate surface area is 195 Å². The predicted molar refractivity (Wildman–Crippen MR) is 128 cm³/mol. The van der Waals surface area contributed by atoms with Crippen molar-refractivity contribution in [1.29, 1.82) is 0 Å². The molecule has 1 aliphatic heterocycles. The van der Waals surface area contributed by atoms with Crippen LogP contribution in [0.15, 0.2) is 24.5 Å². The smallest absolute Gasteiger partial charge is 0.309 e. The van der Waals surface area contributed by atoms with Gasteiger partial charge in [0.25, 0.3) is 5.91 Å². The molecule has 1 aliphatic rings. The third kappa shape index (κ3) is 4.71. The molecule has 168 valence electrons. The fraction of sp³-hybridized carbons (Fsp3) is 0.391. The molecule has 0 radical (unpaired) electrons. The van der Waals surface area contributed by atoms with Gasteiger partial charge in [0.15, 0.2) is 6.61 Å². The second kappa shape index (κ2) is 9.42. The van der Waals surface area contributed by atoms with Crippen LogP contribution >= 0.6 is 22.9 Å². The van der Waals surface area contributed by atoms with Crippen molar-refractivity contribution in [3.63, 3.8) is 0 Å². The molecule has 1 amide bonds. The number of hydrogen-bond donors (Lipinski definition) is 1. The summed E-state index contributed by atoms with van der Waals surface area (Å²) < 4.78 is 5.28. The second-order valence-electron chi connectivity index (χ2n) is 8.06. The lowest BCUT2D eigenvalue weighted by molar-refractivity contribution is -0.152. The van der Waals surface area contributed by atoms with Gasteiger partial charge in [-0.05, 0) is 56.9 Å². The second-order valence-corrected chi connectivity index (χ2v) is 9.67. The largest absolute Gasteiger partial charge is 0.455 e. The number of hydrogen-bond acceptors (Lipinski definition) is 7. The first-order valence-electron chi connectivity index (χ1n) is 10.5. The molecule has 3 aromatic rings. The quantitative estimate of drug-likeness (QED) is 0.543. The fourth-order valence-corrected chi connectivity index (χ4v) is 5.17. The van der Waals surface area contributed by atoms with Crippen molar-refractivity contribution in [1.82, 2.24) is 9.97 Å². The van der Waals surface area contributed by atoms with Crippen molar-refractivity contribution < 1.29 is 14.3 Å². The van der Waals surface area contributed by atoms with Crippen LogP contribution in [0.5, 0.6) is 0 Å². The number of amides is 1. The van der Waals surface area contributed by atoms with E-state index in [1.54, 1.807) is 29.8 Å². The number of anilines is 2. The van der Waals surface area contributed by atoms with Gasteiger partial charge < -0.3 is 15.0 Å². The van der Waals surface area contributed by atoms with Crippen molar-refractivity contribution in [3.05, 3.63) is 45.6 Å². The zero-order chi connectivity index (χ0) is 22.8. The van der Waals surface area contributed by atoms with Crippen LogP contribution in [-0.4, -0.2) is 41.5 Å². The predicted octanol–water partition coefficient (Wildman–Crippen LogP) is 4.67. The molecular formula is C23H25ClN4O3S. The normalized spacial score (nSPS) is 14.6. The monoisotopic (exact) mass is 472 g/mol. The molecule has 7 nitrogen and oxygen atoms in total. The van der Waals surface area contributed by atoms with Crippen LogP contribution in [0.1, 0.15) is 28.8 Å². The first kappa shape index (κ1) is 22.5. The maximum absolute atomic E-state index is 12.5. The minimum atomic E-state index is -0.409. The Morgan fingerprint density at radius 3 is 2.69 bits per heavy atom. The van der Waals surface area contributed by atoms with Gasteiger partial charge in [0.2, 0.25) is 0 Å². The Hall–Kier alpha value is -2.71. The van der Waals surface area contributed by atoms with Gasteiger partial charge in [0.05, 0.1) is 22.0 Å². The van der Waals surface area contributed by atoms with E-state index in [0.29, 0.717) is 36.6 Å². The molecule has 0 bridgehead atoms. The number of benzene rings is 1. The van der Waals surface area contributed by atoms with Gasteiger partial charge in [-0.15, -0.1) is 11.3 Å². The number of aromatic nitrogens is 2. The van der Waals surface area contributed by atoms with Gasteiger partial charge >= 0.3 is 5.97 Å². The third-order valence-electron chi connectivity index (χ3n) is 5.82. The highest BCUT2D eigenvalue weighted by Gasteiger charge is 2.28. The standard InChI is InChI=1S/C23H25ClN4O3S/c1-13-4-5-18(17(24)10-13)27-19(29)11-31-23(30)16-6-8-28(9-7-16)21-20-14(2)15(3)32-22(20)26-12-25-21/h4-5,10,12,16H,6-9,11H2,1-3H3,(H,27,29). The Morgan fingerprint density at radius 2 is 1.97 bits per heavy atom. The van der Waals surface area contributed by atoms with E-state index in [1.807, 2.05) is 13.0 Å². The highest BCUT2D eigenvalue weighted by atomic mass is 35.5. The van der Waals surface area contributed by atoms with Crippen LogP contribution in [0.2, 0.25) is 5.02 Å². The molecule has 32 heavy (non-hydrogen) atoms. The fourth-order valence-electron chi connectivity index (χ4n) is 3.89. The number of fused-ring (bicyclic) bond motifs is 1. The molecule has 1 aromatic carbocycles. The van der Waals surface area contributed by atoms with E-state index in [-0.39, 0.29) is 18.5 Å². The van der Waals surface area contributed by atoms with Gasteiger partial charge in [0, 0.05) is 18.0 Å². The maximum atomic E-state index is 12.5. The number of nitrogens with one attached hydrogen (secondary N) is 1. The van der Waals surface area contributed by atoms with Crippen LogP contribution in [0, 0.1) is 26.7 Å². The minimum Gasteiger partial charge on any atom is -0.455 e. The van der Waals surface area contributed by atoms with Gasteiger partial charge in [-0.2, -0.15) is 0 Å². The molecule has 1 N–H and O–H groups in total. The van der Waals surface area contributed by atoms with Crippen molar-refractivity contribution in [2.24, 2.45) is 5.92 Å². The van der Waals surface area contributed by atoms with Crippen LogP contribution in [-0.2, 0) is 14.3 Å². The number of piperidine rings is 1. The Kier molecular flexibility index (Phi) is 6.62. The van der Waals surface area contributed by atoms with E-state index in [2.05, 4.69) is 34.0 Å². The molecule has 2 aromatic heterocycles. The minimum absolute atomic E-state index is 0.232. The summed E-state index contributed by atoms with van der Waals surface area (Å²) >= 11 is 7.81. The Bertz CT molecular complexity index is 1170. The number of nitrogens with zero attached hydrogens (tertiary/aromatic N) is 3. The van der Waals surface area contributed by atoms with Gasteiger partial charge in [-0.3, -0.25) is 9.59 Å². The lowest BCUT2D eigenvalue weighted by atomic mass is 9.97. The number of esters is 1. The zero-order valence-electron chi connectivity index (χ0n) is 18.3. The Morgan fingerprint density at radius 1 is 1.22 bits per heavy atom. The van der Waals surface area contributed by atoms with E-state index in [4.69, 9.17) is 16.3 Å².